The monoisotopic (exact) mass is 631 g/mol. The highest BCUT2D eigenvalue weighted by Crippen LogP contribution is 2.52. The Balaban J connectivity index is 1.73. The molecular weight excluding hydrogens is 602 g/mol. The second-order valence-corrected chi connectivity index (χ2v) is 10.9. The number of ether oxygens (including phenoxy) is 3. The maximum atomic E-state index is 14.3. The van der Waals surface area contributed by atoms with Gasteiger partial charge in [0, 0.05) is 36.2 Å². The number of hydrogen-bond donors (Lipinski definition) is 2. The van der Waals surface area contributed by atoms with Crippen molar-refractivity contribution < 1.29 is 48.2 Å². The van der Waals surface area contributed by atoms with Crippen molar-refractivity contribution in [3.05, 3.63) is 93.0 Å². The van der Waals surface area contributed by atoms with Crippen molar-refractivity contribution in [3.63, 3.8) is 0 Å². The van der Waals surface area contributed by atoms with E-state index in [1.54, 1.807) is 0 Å². The number of nitro groups is 1. The van der Waals surface area contributed by atoms with Gasteiger partial charge in [-0.15, -0.1) is 0 Å². The number of Topliss-reactive ketones (excluding diaryl/α,β-unsaturated/α-hetero) is 1. The van der Waals surface area contributed by atoms with Crippen LogP contribution in [0.5, 0.6) is 11.5 Å². The molecule has 2 aliphatic rings. The number of carbonyl (C=O) groups excluding carboxylic acids is 4. The predicted molar refractivity (Wildman–Crippen MR) is 160 cm³/mol. The summed E-state index contributed by atoms with van der Waals surface area (Å²) in [6.45, 7) is 1.36. The van der Waals surface area contributed by atoms with E-state index < -0.39 is 52.1 Å². The van der Waals surface area contributed by atoms with Crippen LogP contribution in [0.3, 0.4) is 0 Å². The fourth-order valence-corrected chi connectivity index (χ4v) is 6.32. The van der Waals surface area contributed by atoms with Crippen LogP contribution >= 0.6 is 0 Å². The van der Waals surface area contributed by atoms with Crippen LogP contribution in [0.15, 0.2) is 60.7 Å². The van der Waals surface area contributed by atoms with Gasteiger partial charge in [-0.3, -0.25) is 34.6 Å². The molecule has 0 spiro atoms. The molecular formula is C32H29N3O11. The number of non-ortho nitro benzene ring substituents is 1. The maximum absolute atomic E-state index is 14.3. The SMILES string of the molecule is COC(=O)c1c(OC)cc(OC)cc1C1NC(Cc2ccc([N+](=O)[O-])cc2)(C(=O)O)C2C(=O)N(c3ccc(C(C)=O)cc3)C(=O)C12. The van der Waals surface area contributed by atoms with Crippen molar-refractivity contribution in [3.8, 4) is 11.5 Å². The third-order valence-corrected chi connectivity index (χ3v) is 8.48. The summed E-state index contributed by atoms with van der Waals surface area (Å²) in [7, 11) is 3.82. The molecule has 2 aliphatic heterocycles. The lowest BCUT2D eigenvalue weighted by atomic mass is 9.76. The maximum Gasteiger partial charge on any atom is 0.341 e. The zero-order valence-corrected chi connectivity index (χ0v) is 25.1. The van der Waals surface area contributed by atoms with Crippen LogP contribution in [-0.4, -0.2) is 66.4 Å². The first-order valence-electron chi connectivity index (χ1n) is 14.0. The Bertz CT molecular complexity index is 1770. The molecule has 4 unspecified atom stereocenters. The Hall–Kier alpha value is -5.63. The number of nitrogens with one attached hydrogen (secondary N) is 1. The molecule has 0 radical (unpaired) electrons. The van der Waals surface area contributed by atoms with Crippen LogP contribution in [0.2, 0.25) is 0 Å². The lowest BCUT2D eigenvalue weighted by Gasteiger charge is -2.31. The highest BCUT2D eigenvalue weighted by Gasteiger charge is 2.69. The van der Waals surface area contributed by atoms with Crippen LogP contribution in [0.1, 0.15) is 44.8 Å². The molecule has 0 bridgehead atoms. The molecule has 3 aromatic rings. The van der Waals surface area contributed by atoms with Crippen molar-refractivity contribution in [2.45, 2.75) is 24.9 Å². The molecule has 2 fully saturated rings. The number of hydrogen-bond acceptors (Lipinski definition) is 11. The Morgan fingerprint density at radius 1 is 0.978 bits per heavy atom. The number of ketones is 1. The van der Waals surface area contributed by atoms with Gasteiger partial charge in [-0.05, 0) is 48.4 Å². The second kappa shape index (κ2) is 12.0. The summed E-state index contributed by atoms with van der Waals surface area (Å²) >= 11 is 0. The molecule has 2 N–H and O–H groups in total. The summed E-state index contributed by atoms with van der Waals surface area (Å²) in [5.41, 5.74) is -1.56. The van der Waals surface area contributed by atoms with Crippen LogP contribution < -0.4 is 19.7 Å². The Morgan fingerprint density at radius 3 is 2.15 bits per heavy atom. The average molecular weight is 632 g/mol. The van der Waals surface area contributed by atoms with Gasteiger partial charge in [0.05, 0.1) is 43.8 Å². The molecule has 46 heavy (non-hydrogen) atoms. The van der Waals surface area contributed by atoms with Crippen LogP contribution in [0.4, 0.5) is 11.4 Å². The third-order valence-electron chi connectivity index (χ3n) is 8.48. The molecule has 4 atom stereocenters. The Morgan fingerprint density at radius 2 is 1.63 bits per heavy atom. The fraction of sp³-hybridized carbons (Fsp3) is 0.281. The second-order valence-electron chi connectivity index (χ2n) is 10.9. The normalized spacial score (nSPS) is 21.9. The number of fused-ring (bicyclic) bond motifs is 1. The number of amides is 2. The number of carbonyl (C=O) groups is 5. The zero-order chi connectivity index (χ0) is 33.5. The third kappa shape index (κ3) is 5.11. The summed E-state index contributed by atoms with van der Waals surface area (Å²) in [6.07, 6.45) is -0.358. The smallest absolute Gasteiger partial charge is 0.341 e. The number of esters is 1. The van der Waals surface area contributed by atoms with E-state index in [0.29, 0.717) is 11.1 Å². The first-order valence-corrected chi connectivity index (χ1v) is 14.0. The van der Waals surface area contributed by atoms with Crippen molar-refractivity contribution in [2.75, 3.05) is 26.2 Å². The van der Waals surface area contributed by atoms with Gasteiger partial charge in [-0.25, -0.2) is 9.69 Å². The van der Waals surface area contributed by atoms with Gasteiger partial charge in [-0.1, -0.05) is 12.1 Å². The number of aliphatic carboxylic acids is 1. The minimum absolute atomic E-state index is 0.0243. The van der Waals surface area contributed by atoms with Gasteiger partial charge in [-0.2, -0.15) is 0 Å². The molecule has 5 rings (SSSR count). The molecule has 0 saturated carbocycles. The minimum Gasteiger partial charge on any atom is -0.497 e. The van der Waals surface area contributed by atoms with Crippen molar-refractivity contribution in [2.24, 2.45) is 11.8 Å². The first-order chi connectivity index (χ1) is 21.9. The van der Waals surface area contributed by atoms with Crippen LogP contribution in [-0.2, 0) is 25.5 Å². The summed E-state index contributed by atoms with van der Waals surface area (Å²) in [4.78, 5) is 78.4. The standard InChI is InChI=1S/C32H29N3O11/c1-16(36)18-7-11-19(12-8-18)34-28(37)25-26(29(34)38)32(31(40)41,15-17-5-9-20(10-6-17)35(42)43)33-27(25)22-13-21(44-2)14-23(45-3)24(22)30(39)46-4/h5-14,25-27,33H,15H2,1-4H3,(H,40,41). The van der Waals surface area contributed by atoms with E-state index in [0.717, 1.165) is 12.0 Å². The van der Waals surface area contributed by atoms with E-state index in [2.05, 4.69) is 5.32 Å². The summed E-state index contributed by atoms with van der Waals surface area (Å²) in [6, 6.07) is 12.5. The number of carboxylic acid groups (broad SMARTS) is 1. The number of nitrogens with zero attached hydrogens (tertiary/aromatic N) is 2. The molecule has 14 nitrogen and oxygen atoms in total. The van der Waals surface area contributed by atoms with Gasteiger partial charge in [0.25, 0.3) is 5.69 Å². The van der Waals surface area contributed by atoms with Gasteiger partial charge in [0.15, 0.2) is 5.78 Å². The van der Waals surface area contributed by atoms with Gasteiger partial charge in [0.2, 0.25) is 11.8 Å². The van der Waals surface area contributed by atoms with Crippen molar-refractivity contribution in [1.29, 1.82) is 0 Å². The van der Waals surface area contributed by atoms with E-state index in [4.69, 9.17) is 14.2 Å². The number of nitro benzene ring substituents is 1. The molecule has 3 aromatic carbocycles. The van der Waals surface area contributed by atoms with Gasteiger partial charge < -0.3 is 19.3 Å². The molecule has 0 aromatic heterocycles. The predicted octanol–water partition coefficient (Wildman–Crippen LogP) is 3.12. The lowest BCUT2D eigenvalue weighted by Crippen LogP contribution is -2.57. The molecule has 14 heteroatoms. The Labute approximate surface area is 262 Å². The molecule has 2 amide bonds. The van der Waals surface area contributed by atoms with E-state index >= 15 is 0 Å². The van der Waals surface area contributed by atoms with Crippen LogP contribution in [0.25, 0.3) is 0 Å². The molecule has 0 aliphatic carbocycles. The number of anilines is 1. The average Bonchev–Trinajstić information content (AvgIpc) is 3.53. The highest BCUT2D eigenvalue weighted by molar-refractivity contribution is 6.24. The van der Waals surface area contributed by atoms with Gasteiger partial charge >= 0.3 is 11.9 Å². The van der Waals surface area contributed by atoms with E-state index in [1.807, 2.05) is 0 Å². The quantitative estimate of drug-likeness (QED) is 0.109. The first kappa shape index (κ1) is 31.8. The molecule has 2 saturated heterocycles. The summed E-state index contributed by atoms with van der Waals surface area (Å²) < 4.78 is 15.9. The topological polar surface area (TPSA) is 192 Å². The lowest BCUT2D eigenvalue weighted by molar-refractivity contribution is -0.384. The number of rotatable bonds is 10. The summed E-state index contributed by atoms with van der Waals surface area (Å²) in [5.74, 6) is -6.72. The highest BCUT2D eigenvalue weighted by atomic mass is 16.6. The van der Waals surface area contributed by atoms with E-state index in [9.17, 15) is 39.2 Å². The minimum atomic E-state index is -2.13. The molecule has 238 valence electrons. The van der Waals surface area contributed by atoms with E-state index in [-0.39, 0.29) is 46.2 Å². The fourth-order valence-electron chi connectivity index (χ4n) is 6.32. The van der Waals surface area contributed by atoms with Gasteiger partial charge in [0.1, 0.15) is 22.6 Å². The number of benzene rings is 3. The number of methoxy groups -OCH3 is 3. The largest absolute Gasteiger partial charge is 0.497 e. The summed E-state index contributed by atoms with van der Waals surface area (Å²) in [5, 5.41) is 25.1. The van der Waals surface area contributed by atoms with Crippen molar-refractivity contribution in [1.82, 2.24) is 5.32 Å². The van der Waals surface area contributed by atoms with Crippen LogP contribution in [0, 0.1) is 22.0 Å². The molecule has 2 heterocycles. The number of imide groups is 1. The van der Waals surface area contributed by atoms with E-state index in [1.165, 1.54) is 81.8 Å². The Kier molecular flexibility index (Phi) is 8.32. The number of carboxylic acids is 1. The van der Waals surface area contributed by atoms with Crippen molar-refractivity contribution >= 4 is 40.9 Å². The zero-order valence-electron chi connectivity index (χ0n) is 25.1.